The lowest BCUT2D eigenvalue weighted by molar-refractivity contribution is -0.143. The fourth-order valence-electron chi connectivity index (χ4n) is 1.19. The van der Waals surface area contributed by atoms with Gasteiger partial charge in [0, 0.05) is 0 Å². The SMILES string of the molecule is CC(C)(C)C(=O)Oc1ccc(S(=O)(=O)O)cc1S(=O)(=O)O. The maximum atomic E-state index is 11.7. The van der Waals surface area contributed by atoms with Gasteiger partial charge in [-0.1, -0.05) is 0 Å². The number of hydrogen-bond donors (Lipinski definition) is 2. The van der Waals surface area contributed by atoms with E-state index in [0.717, 1.165) is 12.1 Å². The van der Waals surface area contributed by atoms with Gasteiger partial charge in [-0.2, -0.15) is 16.8 Å². The van der Waals surface area contributed by atoms with Crippen LogP contribution in [0.1, 0.15) is 20.8 Å². The van der Waals surface area contributed by atoms with Crippen LogP contribution in [-0.2, 0) is 25.0 Å². The highest BCUT2D eigenvalue weighted by molar-refractivity contribution is 7.86. The minimum absolute atomic E-state index is 0.496. The summed E-state index contributed by atoms with van der Waals surface area (Å²) in [6.45, 7) is 4.57. The summed E-state index contributed by atoms with van der Waals surface area (Å²) in [4.78, 5) is 10.0. The van der Waals surface area contributed by atoms with E-state index in [4.69, 9.17) is 13.8 Å². The molecule has 0 radical (unpaired) electrons. The molecule has 0 aliphatic heterocycles. The lowest BCUT2D eigenvalue weighted by Crippen LogP contribution is -2.26. The zero-order valence-corrected chi connectivity index (χ0v) is 13.0. The molecule has 1 rings (SSSR count). The van der Waals surface area contributed by atoms with Gasteiger partial charge in [-0.15, -0.1) is 0 Å². The van der Waals surface area contributed by atoms with Crippen molar-refractivity contribution in [3.05, 3.63) is 18.2 Å². The smallest absolute Gasteiger partial charge is 0.316 e. The Kier molecular flexibility index (Phi) is 4.49. The van der Waals surface area contributed by atoms with E-state index in [1.54, 1.807) is 0 Å². The maximum absolute atomic E-state index is 11.7. The largest absolute Gasteiger partial charge is 0.425 e. The van der Waals surface area contributed by atoms with Gasteiger partial charge in [-0.25, -0.2) is 0 Å². The Balaban J connectivity index is 3.45. The van der Waals surface area contributed by atoms with Crippen LogP contribution in [-0.4, -0.2) is 31.9 Å². The molecule has 0 aliphatic rings. The molecule has 0 atom stereocenters. The van der Waals surface area contributed by atoms with Crippen LogP contribution in [0.3, 0.4) is 0 Å². The Bertz CT molecular complexity index is 769. The molecule has 0 aliphatic carbocycles. The van der Waals surface area contributed by atoms with Gasteiger partial charge in [0.15, 0.2) is 5.75 Å². The predicted octanol–water partition coefficient (Wildman–Crippen LogP) is 1.13. The average Bonchev–Trinajstić information content (AvgIpc) is 2.25. The van der Waals surface area contributed by atoms with E-state index in [0.29, 0.717) is 6.07 Å². The van der Waals surface area contributed by atoms with Gasteiger partial charge in [0.05, 0.1) is 10.3 Å². The number of hydrogen-bond acceptors (Lipinski definition) is 6. The van der Waals surface area contributed by atoms with Crippen molar-refractivity contribution >= 4 is 26.2 Å². The van der Waals surface area contributed by atoms with Crippen LogP contribution in [0.4, 0.5) is 0 Å². The number of ether oxygens (including phenoxy) is 1. The summed E-state index contributed by atoms with van der Waals surface area (Å²) in [5, 5.41) is 0. The van der Waals surface area contributed by atoms with Gasteiger partial charge in [0.25, 0.3) is 20.2 Å². The van der Waals surface area contributed by atoms with Crippen LogP contribution >= 0.6 is 0 Å². The quantitative estimate of drug-likeness (QED) is 0.475. The van der Waals surface area contributed by atoms with Crippen molar-refractivity contribution in [3.8, 4) is 5.75 Å². The molecule has 21 heavy (non-hydrogen) atoms. The number of rotatable bonds is 3. The lowest BCUT2D eigenvalue weighted by Gasteiger charge is -2.17. The summed E-state index contributed by atoms with van der Waals surface area (Å²) in [5.74, 6) is -1.32. The molecular weight excluding hydrogens is 324 g/mol. The van der Waals surface area contributed by atoms with Gasteiger partial charge in [-0.05, 0) is 39.0 Å². The van der Waals surface area contributed by atoms with Crippen molar-refractivity contribution in [2.75, 3.05) is 0 Å². The monoisotopic (exact) mass is 338 g/mol. The van der Waals surface area contributed by atoms with E-state index in [1.165, 1.54) is 20.8 Å². The van der Waals surface area contributed by atoms with Crippen LogP contribution in [0.5, 0.6) is 5.75 Å². The Hall–Kier alpha value is -1.49. The Morgan fingerprint density at radius 3 is 1.95 bits per heavy atom. The molecular formula is C11H14O8S2. The molecule has 0 spiro atoms. The molecule has 0 unspecified atom stereocenters. The van der Waals surface area contributed by atoms with E-state index >= 15 is 0 Å². The Morgan fingerprint density at radius 1 is 1.05 bits per heavy atom. The second-order valence-corrected chi connectivity index (χ2v) is 8.01. The lowest BCUT2D eigenvalue weighted by atomic mass is 9.97. The summed E-state index contributed by atoms with van der Waals surface area (Å²) in [6.07, 6.45) is 0. The van der Waals surface area contributed by atoms with Gasteiger partial charge in [0.2, 0.25) is 0 Å². The zero-order chi connectivity index (χ0) is 16.6. The van der Waals surface area contributed by atoms with Crippen LogP contribution < -0.4 is 4.74 Å². The molecule has 0 saturated carbocycles. The van der Waals surface area contributed by atoms with E-state index in [1.807, 2.05) is 0 Å². The van der Waals surface area contributed by atoms with Crippen LogP contribution in [0, 0.1) is 5.41 Å². The first-order valence-corrected chi connectivity index (χ1v) is 8.42. The van der Waals surface area contributed by atoms with E-state index in [2.05, 4.69) is 0 Å². The summed E-state index contributed by atoms with van der Waals surface area (Å²) >= 11 is 0. The summed E-state index contributed by atoms with van der Waals surface area (Å²) in [7, 11) is -9.54. The second-order valence-electron chi connectivity index (χ2n) is 5.20. The average molecular weight is 338 g/mol. The third kappa shape index (κ3) is 4.49. The van der Waals surface area contributed by atoms with Gasteiger partial charge in [0.1, 0.15) is 4.90 Å². The number of benzene rings is 1. The third-order valence-corrected chi connectivity index (χ3v) is 4.03. The van der Waals surface area contributed by atoms with Crippen molar-refractivity contribution < 1.29 is 35.5 Å². The zero-order valence-electron chi connectivity index (χ0n) is 11.4. The number of esters is 1. The van der Waals surface area contributed by atoms with Crippen LogP contribution in [0.2, 0.25) is 0 Å². The van der Waals surface area contributed by atoms with Gasteiger partial charge < -0.3 is 4.74 Å². The van der Waals surface area contributed by atoms with Gasteiger partial charge >= 0.3 is 5.97 Å². The molecule has 0 aromatic heterocycles. The predicted molar refractivity (Wildman–Crippen MR) is 71.2 cm³/mol. The first-order valence-electron chi connectivity index (χ1n) is 5.54. The molecule has 8 nitrogen and oxygen atoms in total. The molecule has 1 aromatic carbocycles. The normalized spacial score (nSPS) is 13.0. The molecule has 10 heteroatoms. The molecule has 0 heterocycles. The maximum Gasteiger partial charge on any atom is 0.316 e. The molecule has 118 valence electrons. The number of carbonyl (C=O) groups is 1. The highest BCUT2D eigenvalue weighted by Gasteiger charge is 2.28. The summed E-state index contributed by atoms with van der Waals surface area (Å²) in [5.41, 5.74) is -0.946. The molecule has 1 aromatic rings. The first-order chi connectivity index (χ1) is 9.23. The van der Waals surface area contributed by atoms with Crippen molar-refractivity contribution in [1.82, 2.24) is 0 Å². The molecule has 0 saturated heterocycles. The van der Waals surface area contributed by atoms with Crippen molar-refractivity contribution in [2.24, 2.45) is 5.41 Å². The molecule has 2 N–H and O–H groups in total. The molecule has 0 bridgehead atoms. The van der Waals surface area contributed by atoms with E-state index in [-0.39, 0.29) is 0 Å². The van der Waals surface area contributed by atoms with Gasteiger partial charge in [-0.3, -0.25) is 13.9 Å². The standard InChI is InChI=1S/C11H14O8S2/c1-11(2,3)10(12)19-8-5-4-7(20(13,14)15)6-9(8)21(16,17)18/h4-6H,1-3H3,(H,13,14,15)(H,16,17,18). The van der Waals surface area contributed by atoms with Crippen molar-refractivity contribution in [3.63, 3.8) is 0 Å². The first kappa shape index (κ1) is 17.6. The number of carbonyl (C=O) groups excluding carboxylic acids is 1. The fourth-order valence-corrected chi connectivity index (χ4v) is 2.41. The van der Waals surface area contributed by atoms with E-state index in [9.17, 15) is 21.6 Å². The summed E-state index contributed by atoms with van der Waals surface area (Å²) < 4.78 is 67.3. The van der Waals surface area contributed by atoms with Crippen LogP contribution in [0.25, 0.3) is 0 Å². The van der Waals surface area contributed by atoms with E-state index < -0.39 is 47.2 Å². The molecule has 0 amide bonds. The minimum Gasteiger partial charge on any atom is -0.425 e. The topological polar surface area (TPSA) is 135 Å². The van der Waals surface area contributed by atoms with Crippen molar-refractivity contribution in [1.29, 1.82) is 0 Å². The molecule has 0 fully saturated rings. The fraction of sp³-hybridized carbons (Fsp3) is 0.364. The highest BCUT2D eigenvalue weighted by atomic mass is 32.2. The second kappa shape index (κ2) is 5.37. The minimum atomic E-state index is -4.86. The van der Waals surface area contributed by atoms with Crippen LogP contribution in [0.15, 0.2) is 28.0 Å². The Morgan fingerprint density at radius 2 is 1.57 bits per heavy atom. The highest BCUT2D eigenvalue weighted by Crippen LogP contribution is 2.29. The Labute approximate surface area is 122 Å². The third-order valence-electron chi connectivity index (χ3n) is 2.31. The summed E-state index contributed by atoms with van der Waals surface area (Å²) in [6, 6.07) is 2.20. The van der Waals surface area contributed by atoms with Crippen molar-refractivity contribution in [2.45, 2.75) is 30.6 Å².